The molecule has 1 aliphatic rings. The maximum atomic E-state index is 13.2. The van der Waals surface area contributed by atoms with Gasteiger partial charge >= 0.3 is 5.97 Å². The Morgan fingerprint density at radius 1 is 1.20 bits per heavy atom. The summed E-state index contributed by atoms with van der Waals surface area (Å²) in [6, 6.07) is 3.64. The second kappa shape index (κ2) is 5.81. The molecule has 1 aromatic rings. The van der Waals surface area contributed by atoms with Crippen LogP contribution in [0.3, 0.4) is 0 Å². The number of amides is 1. The molecule has 1 N–H and O–H groups in total. The predicted octanol–water partition coefficient (Wildman–Crippen LogP) is 2.00. The second-order valence-corrected chi connectivity index (χ2v) is 4.65. The number of aliphatic carboxylic acids is 1. The summed E-state index contributed by atoms with van der Waals surface area (Å²) in [7, 11) is 0. The van der Waals surface area contributed by atoms with E-state index >= 15 is 0 Å². The van der Waals surface area contributed by atoms with E-state index in [1.807, 2.05) is 0 Å². The zero-order valence-electron chi connectivity index (χ0n) is 10.8. The highest BCUT2D eigenvalue weighted by Gasteiger charge is 2.35. The summed E-state index contributed by atoms with van der Waals surface area (Å²) in [5.74, 6) is -2.62. The van der Waals surface area contributed by atoms with Crippen LogP contribution in [0, 0.1) is 5.82 Å². The molecule has 2 rings (SSSR count). The number of hydrogen-bond donors (Lipinski definition) is 1. The summed E-state index contributed by atoms with van der Waals surface area (Å²) in [5, 5.41) is 8.51. The van der Waals surface area contributed by atoms with Gasteiger partial charge in [0.05, 0.1) is 11.3 Å². The van der Waals surface area contributed by atoms with Crippen LogP contribution in [0.15, 0.2) is 18.2 Å². The molecule has 1 aromatic carbocycles. The Morgan fingerprint density at radius 3 is 2.65 bits per heavy atom. The number of carbonyl (C=O) groups is 3. The van der Waals surface area contributed by atoms with Crippen molar-refractivity contribution >= 4 is 23.3 Å². The van der Waals surface area contributed by atoms with Crippen LogP contribution in [0.1, 0.15) is 36.0 Å². The smallest absolute Gasteiger partial charge is 0.303 e. The fraction of sp³-hybridized carbons (Fsp3) is 0.357. The Labute approximate surface area is 115 Å². The number of rotatable bonds is 6. The molecule has 0 aliphatic carbocycles. The molecule has 0 fully saturated rings. The van der Waals surface area contributed by atoms with E-state index in [1.165, 1.54) is 17.0 Å². The summed E-state index contributed by atoms with van der Waals surface area (Å²) in [6.45, 7) is 0.292. The van der Waals surface area contributed by atoms with Crippen LogP contribution in [0.5, 0.6) is 0 Å². The molecule has 0 saturated heterocycles. The fourth-order valence-corrected chi connectivity index (χ4v) is 2.21. The molecule has 1 aliphatic heterocycles. The minimum atomic E-state index is -0.857. The van der Waals surface area contributed by atoms with Crippen LogP contribution < -0.4 is 4.90 Å². The Bertz CT molecular complexity index is 570. The predicted molar refractivity (Wildman–Crippen MR) is 69.2 cm³/mol. The zero-order valence-corrected chi connectivity index (χ0v) is 10.8. The molecule has 106 valence electrons. The summed E-state index contributed by atoms with van der Waals surface area (Å²) >= 11 is 0. The number of unbranched alkanes of at least 4 members (excludes halogenated alkanes) is 2. The quantitative estimate of drug-likeness (QED) is 0.638. The van der Waals surface area contributed by atoms with E-state index in [2.05, 4.69) is 0 Å². The Balaban J connectivity index is 1.99. The SMILES string of the molecule is O=C(O)CCCCCN1C(=O)C(=O)c2ccc(F)cc21. The first-order chi connectivity index (χ1) is 9.50. The highest BCUT2D eigenvalue weighted by molar-refractivity contribution is 6.52. The van der Waals surface area contributed by atoms with Crippen molar-refractivity contribution in [2.24, 2.45) is 0 Å². The van der Waals surface area contributed by atoms with E-state index in [4.69, 9.17) is 5.11 Å². The summed E-state index contributed by atoms with van der Waals surface area (Å²) < 4.78 is 13.2. The number of carboxylic acid groups (broad SMARTS) is 1. The third-order valence-corrected chi connectivity index (χ3v) is 3.21. The van der Waals surface area contributed by atoms with Crippen molar-refractivity contribution < 1.29 is 23.9 Å². The number of Topliss-reactive ketones (excluding diaryl/α,β-unsaturated/α-hetero) is 1. The third-order valence-electron chi connectivity index (χ3n) is 3.21. The van der Waals surface area contributed by atoms with Gasteiger partial charge in [0, 0.05) is 13.0 Å². The number of fused-ring (bicyclic) bond motifs is 1. The molecule has 20 heavy (non-hydrogen) atoms. The minimum Gasteiger partial charge on any atom is -0.481 e. The lowest BCUT2D eigenvalue weighted by Gasteiger charge is -2.16. The van der Waals surface area contributed by atoms with Gasteiger partial charge in [-0.05, 0) is 31.0 Å². The average Bonchev–Trinajstić information content (AvgIpc) is 2.62. The Kier molecular flexibility index (Phi) is 4.12. The maximum absolute atomic E-state index is 13.2. The van der Waals surface area contributed by atoms with Crippen molar-refractivity contribution in [3.8, 4) is 0 Å². The molecular weight excluding hydrogens is 265 g/mol. The molecule has 0 radical (unpaired) electrons. The number of benzene rings is 1. The molecule has 0 bridgehead atoms. The van der Waals surface area contributed by atoms with Gasteiger partial charge in [-0.25, -0.2) is 4.39 Å². The first-order valence-electron chi connectivity index (χ1n) is 6.38. The number of carbonyl (C=O) groups excluding carboxylic acids is 2. The molecule has 5 nitrogen and oxygen atoms in total. The number of hydrogen-bond acceptors (Lipinski definition) is 3. The van der Waals surface area contributed by atoms with Crippen LogP contribution in [-0.4, -0.2) is 29.3 Å². The molecule has 0 atom stereocenters. The van der Waals surface area contributed by atoms with Gasteiger partial charge in [0.25, 0.3) is 11.7 Å². The van der Waals surface area contributed by atoms with Crippen molar-refractivity contribution in [1.29, 1.82) is 0 Å². The average molecular weight is 279 g/mol. The van der Waals surface area contributed by atoms with Crippen molar-refractivity contribution in [2.45, 2.75) is 25.7 Å². The second-order valence-electron chi connectivity index (χ2n) is 4.65. The normalized spacial score (nSPS) is 13.8. The standard InChI is InChI=1S/C14H14FNO4/c15-9-5-6-10-11(8-9)16(14(20)13(10)19)7-3-1-2-4-12(17)18/h5-6,8H,1-4,7H2,(H,17,18). The number of halogens is 1. The molecule has 0 aromatic heterocycles. The van der Waals surface area contributed by atoms with Crippen LogP contribution in [0.4, 0.5) is 10.1 Å². The number of anilines is 1. The van der Waals surface area contributed by atoms with E-state index in [-0.39, 0.29) is 12.0 Å². The minimum absolute atomic E-state index is 0.0814. The van der Waals surface area contributed by atoms with E-state index in [0.29, 0.717) is 31.5 Å². The number of carboxylic acids is 1. The molecular formula is C14H14FNO4. The topological polar surface area (TPSA) is 74.7 Å². The highest BCUT2D eigenvalue weighted by atomic mass is 19.1. The van der Waals surface area contributed by atoms with Gasteiger partial charge in [-0.3, -0.25) is 14.4 Å². The summed E-state index contributed by atoms with van der Waals surface area (Å²) in [6.07, 6.45) is 1.80. The zero-order chi connectivity index (χ0) is 14.7. The van der Waals surface area contributed by atoms with E-state index in [9.17, 15) is 18.8 Å². The summed E-state index contributed by atoms with van der Waals surface area (Å²) in [5.41, 5.74) is 0.528. The lowest BCUT2D eigenvalue weighted by molar-refractivity contribution is -0.137. The van der Waals surface area contributed by atoms with E-state index < -0.39 is 23.5 Å². The van der Waals surface area contributed by atoms with Gasteiger partial charge in [0.15, 0.2) is 0 Å². The van der Waals surface area contributed by atoms with Crippen molar-refractivity contribution in [1.82, 2.24) is 0 Å². The van der Waals surface area contributed by atoms with E-state index in [0.717, 1.165) is 6.07 Å². The van der Waals surface area contributed by atoms with Crippen molar-refractivity contribution in [3.05, 3.63) is 29.6 Å². The van der Waals surface area contributed by atoms with Gasteiger partial charge in [-0.1, -0.05) is 6.42 Å². The van der Waals surface area contributed by atoms with Crippen molar-refractivity contribution in [2.75, 3.05) is 11.4 Å². The third kappa shape index (κ3) is 2.84. The molecule has 6 heteroatoms. The fourth-order valence-electron chi connectivity index (χ4n) is 2.21. The summed E-state index contributed by atoms with van der Waals surface area (Å²) in [4.78, 5) is 35.1. The maximum Gasteiger partial charge on any atom is 0.303 e. The van der Waals surface area contributed by atoms with Crippen LogP contribution in [0.2, 0.25) is 0 Å². The highest BCUT2D eigenvalue weighted by Crippen LogP contribution is 2.29. The van der Waals surface area contributed by atoms with Crippen LogP contribution in [-0.2, 0) is 9.59 Å². The first kappa shape index (κ1) is 14.2. The molecule has 1 heterocycles. The monoisotopic (exact) mass is 279 g/mol. The molecule has 0 saturated carbocycles. The van der Waals surface area contributed by atoms with Gasteiger partial charge in [-0.2, -0.15) is 0 Å². The van der Waals surface area contributed by atoms with Crippen LogP contribution >= 0.6 is 0 Å². The Morgan fingerprint density at radius 2 is 1.95 bits per heavy atom. The largest absolute Gasteiger partial charge is 0.481 e. The molecule has 0 unspecified atom stereocenters. The lowest BCUT2D eigenvalue weighted by Crippen LogP contribution is -2.30. The Hall–Kier alpha value is -2.24. The number of nitrogens with zero attached hydrogens (tertiary/aromatic N) is 1. The molecule has 1 amide bonds. The molecule has 0 spiro atoms. The lowest BCUT2D eigenvalue weighted by atomic mass is 10.1. The van der Waals surface area contributed by atoms with Crippen molar-refractivity contribution in [3.63, 3.8) is 0 Å². The van der Waals surface area contributed by atoms with Gasteiger partial charge in [-0.15, -0.1) is 0 Å². The number of ketones is 1. The van der Waals surface area contributed by atoms with Gasteiger partial charge in [0.2, 0.25) is 0 Å². The first-order valence-corrected chi connectivity index (χ1v) is 6.38. The van der Waals surface area contributed by atoms with Crippen LogP contribution in [0.25, 0.3) is 0 Å². The van der Waals surface area contributed by atoms with E-state index in [1.54, 1.807) is 0 Å². The van der Waals surface area contributed by atoms with Gasteiger partial charge in [0.1, 0.15) is 5.82 Å². The van der Waals surface area contributed by atoms with Gasteiger partial charge < -0.3 is 10.0 Å².